The van der Waals surface area contributed by atoms with Crippen molar-refractivity contribution in [3.05, 3.63) is 71.8 Å². The van der Waals surface area contributed by atoms with Crippen LogP contribution in [-0.4, -0.2) is 89.9 Å². The van der Waals surface area contributed by atoms with Crippen LogP contribution in [0.2, 0.25) is 0 Å². The van der Waals surface area contributed by atoms with Gasteiger partial charge in [0.1, 0.15) is 19.3 Å². The van der Waals surface area contributed by atoms with Crippen LogP contribution in [0.5, 0.6) is 0 Å². The number of amides is 2. The maximum atomic E-state index is 12.4. The number of aliphatic imine (C=N–C) groups is 1. The van der Waals surface area contributed by atoms with Gasteiger partial charge in [0, 0.05) is 13.1 Å². The van der Waals surface area contributed by atoms with Crippen LogP contribution >= 0.6 is 0 Å². The third-order valence-electron chi connectivity index (χ3n) is 7.29. The molecule has 3 aliphatic rings. The third kappa shape index (κ3) is 7.77. The van der Waals surface area contributed by atoms with Crippen molar-refractivity contribution in [3.8, 4) is 0 Å². The van der Waals surface area contributed by atoms with Gasteiger partial charge in [-0.3, -0.25) is 4.90 Å². The summed E-state index contributed by atoms with van der Waals surface area (Å²) in [6.45, 7) is 1.41. The second kappa shape index (κ2) is 14.9. The van der Waals surface area contributed by atoms with Crippen LogP contribution in [0, 0.1) is 0 Å². The average molecular weight is 582 g/mol. The molecule has 12 nitrogen and oxygen atoms in total. The Morgan fingerprint density at radius 3 is 1.98 bits per heavy atom. The van der Waals surface area contributed by atoms with Crippen LogP contribution in [0.3, 0.4) is 0 Å². The van der Waals surface area contributed by atoms with E-state index in [1.54, 1.807) is 4.90 Å². The van der Waals surface area contributed by atoms with E-state index in [0.717, 1.165) is 24.0 Å². The molecule has 0 aromatic heterocycles. The molecular weight excluding hydrogens is 546 g/mol. The van der Waals surface area contributed by atoms with Crippen LogP contribution in [0.4, 0.5) is 9.59 Å². The maximum Gasteiger partial charge on any atom is 0.410 e. The van der Waals surface area contributed by atoms with Gasteiger partial charge in [-0.15, -0.1) is 0 Å². The van der Waals surface area contributed by atoms with Crippen LogP contribution in [-0.2, 0) is 41.8 Å². The maximum absolute atomic E-state index is 12.4. The summed E-state index contributed by atoms with van der Waals surface area (Å²) in [5, 5.41) is 8.97. The number of aliphatic carboxylic acids is 1. The second-order valence-electron chi connectivity index (χ2n) is 10.00. The lowest BCUT2D eigenvalue weighted by molar-refractivity contribution is -0.144. The lowest BCUT2D eigenvalue weighted by Crippen LogP contribution is -2.49. The van der Waals surface area contributed by atoms with Gasteiger partial charge < -0.3 is 29.0 Å². The number of benzene rings is 2. The van der Waals surface area contributed by atoms with E-state index in [2.05, 4.69) is 4.99 Å². The van der Waals surface area contributed by atoms with E-state index in [4.69, 9.17) is 24.1 Å². The summed E-state index contributed by atoms with van der Waals surface area (Å²) in [5.74, 6) is -1.43. The molecule has 0 radical (unpaired) electrons. The molecule has 0 bridgehead atoms. The first-order chi connectivity index (χ1) is 20.4. The highest BCUT2D eigenvalue weighted by molar-refractivity contribution is 5.81. The first-order valence-corrected chi connectivity index (χ1v) is 13.8. The van der Waals surface area contributed by atoms with Gasteiger partial charge in [0.15, 0.2) is 18.5 Å². The minimum atomic E-state index is -0.968. The van der Waals surface area contributed by atoms with Crippen molar-refractivity contribution in [1.82, 2.24) is 9.80 Å². The Bertz CT molecular complexity index is 1240. The summed E-state index contributed by atoms with van der Waals surface area (Å²) in [4.78, 5) is 53.9. The van der Waals surface area contributed by atoms with E-state index < -0.39 is 42.3 Å². The van der Waals surface area contributed by atoms with Crippen LogP contribution in [0.25, 0.3) is 0 Å². The van der Waals surface area contributed by atoms with E-state index in [1.807, 2.05) is 60.7 Å². The first-order valence-electron chi connectivity index (χ1n) is 13.8. The van der Waals surface area contributed by atoms with Crippen molar-refractivity contribution in [2.45, 2.75) is 63.1 Å². The van der Waals surface area contributed by atoms with Crippen molar-refractivity contribution >= 4 is 30.5 Å². The van der Waals surface area contributed by atoms with Crippen LogP contribution in [0.15, 0.2) is 65.7 Å². The number of ether oxygens (including phenoxy) is 4. The number of hydrogen-bond donors (Lipinski definition) is 1. The normalized spacial score (nSPS) is 22.5. The number of carboxylic acid groups (broad SMARTS) is 1. The van der Waals surface area contributed by atoms with Crippen molar-refractivity contribution in [2.24, 2.45) is 4.99 Å². The summed E-state index contributed by atoms with van der Waals surface area (Å²) in [5.41, 5.74) is 1.81. The minimum absolute atomic E-state index is 0.169. The molecule has 12 heteroatoms. The van der Waals surface area contributed by atoms with Gasteiger partial charge in [0.2, 0.25) is 0 Å². The van der Waals surface area contributed by atoms with Crippen molar-refractivity contribution in [2.75, 3.05) is 20.2 Å². The molecule has 2 amide bonds. The van der Waals surface area contributed by atoms with Crippen LogP contribution < -0.4 is 0 Å². The first kappa shape index (κ1) is 30.4. The Hall–Kier alpha value is -4.61. The quantitative estimate of drug-likeness (QED) is 0.383. The summed E-state index contributed by atoms with van der Waals surface area (Å²) in [7, 11) is 1.31. The largest absolute Gasteiger partial charge is 0.480 e. The molecule has 42 heavy (non-hydrogen) atoms. The highest BCUT2D eigenvalue weighted by atomic mass is 16.6. The van der Waals surface area contributed by atoms with E-state index >= 15 is 0 Å². The number of carbonyl (C=O) groups is 4. The highest BCUT2D eigenvalue weighted by Crippen LogP contribution is 2.28. The molecule has 0 saturated carbocycles. The number of carbonyl (C=O) groups excluding carboxylic acids is 3. The second-order valence-corrected chi connectivity index (χ2v) is 10.00. The summed E-state index contributed by atoms with van der Waals surface area (Å²) in [6, 6.07) is 17.1. The number of methoxy groups -OCH3 is 1. The molecule has 0 spiro atoms. The monoisotopic (exact) mass is 581 g/mol. The van der Waals surface area contributed by atoms with E-state index in [9.17, 15) is 19.2 Å². The number of likely N-dealkylation sites (tertiary alicyclic amines) is 2. The standard InChI is InChI=1S/C17H20N2O5.C13H15NO4/c1-22-16(20)14-15(24-11-18-14)13-8-5-9-19(13)17(21)23-10-12-6-3-2-4-7-12;15-12(16)11-7-4-8-14(11)13(17)18-9-10-5-2-1-3-6-10/h2-4,6-7,11,13-15H,5,8-10H2,1H3;1-3,5-6,11H,4,7-9H2,(H,15,16)/t13-,14?,15?;11-/m00/s1. The van der Waals surface area contributed by atoms with E-state index in [0.29, 0.717) is 25.9 Å². The topological polar surface area (TPSA) is 144 Å². The molecule has 224 valence electrons. The molecule has 3 heterocycles. The van der Waals surface area contributed by atoms with Gasteiger partial charge >= 0.3 is 24.1 Å². The smallest absolute Gasteiger partial charge is 0.410 e. The fourth-order valence-electron chi connectivity index (χ4n) is 5.15. The Kier molecular flexibility index (Phi) is 10.7. The zero-order chi connectivity index (χ0) is 29.9. The number of esters is 1. The molecule has 1 N–H and O–H groups in total. The van der Waals surface area contributed by atoms with Crippen LogP contribution in [0.1, 0.15) is 36.8 Å². The SMILES string of the molecule is COC(=O)C1N=COC1[C@@H]1CCCN1C(=O)OCc1ccccc1.O=C(O)[C@@H]1CCCN1C(=O)OCc1ccccc1. The predicted octanol–water partition coefficient (Wildman–Crippen LogP) is 3.63. The average Bonchev–Trinajstić information content (AvgIpc) is 3.80. The Morgan fingerprint density at radius 2 is 1.40 bits per heavy atom. The lowest BCUT2D eigenvalue weighted by Gasteiger charge is -2.29. The molecule has 5 rings (SSSR count). The Morgan fingerprint density at radius 1 is 0.857 bits per heavy atom. The summed E-state index contributed by atoms with van der Waals surface area (Å²) in [6.07, 6.45) is 2.56. The molecule has 0 aliphatic carbocycles. The number of carboxylic acids is 1. The van der Waals surface area contributed by atoms with Gasteiger partial charge in [-0.2, -0.15) is 0 Å². The van der Waals surface area contributed by atoms with Crippen molar-refractivity contribution < 1.29 is 43.2 Å². The summed E-state index contributed by atoms with van der Waals surface area (Å²) < 4.78 is 20.7. The fourth-order valence-corrected chi connectivity index (χ4v) is 5.15. The van der Waals surface area contributed by atoms with Gasteiger partial charge in [0.25, 0.3) is 0 Å². The molecule has 2 unspecified atom stereocenters. The molecule has 2 saturated heterocycles. The van der Waals surface area contributed by atoms with E-state index in [1.165, 1.54) is 18.4 Å². The fraction of sp³-hybridized carbons (Fsp3) is 0.433. The van der Waals surface area contributed by atoms with Gasteiger partial charge in [0.05, 0.1) is 13.2 Å². The number of hydrogen-bond acceptors (Lipinski definition) is 9. The number of nitrogens with zero attached hydrogens (tertiary/aromatic N) is 3. The molecule has 2 aromatic rings. The predicted molar refractivity (Wildman–Crippen MR) is 150 cm³/mol. The molecular formula is C30H35N3O9. The third-order valence-corrected chi connectivity index (χ3v) is 7.29. The number of rotatable bonds is 7. The Labute approximate surface area is 243 Å². The minimum Gasteiger partial charge on any atom is -0.480 e. The molecule has 2 fully saturated rings. The van der Waals surface area contributed by atoms with Gasteiger partial charge in [-0.25, -0.2) is 24.2 Å². The zero-order valence-electron chi connectivity index (χ0n) is 23.4. The highest BCUT2D eigenvalue weighted by Gasteiger charge is 2.45. The zero-order valence-corrected chi connectivity index (χ0v) is 23.4. The van der Waals surface area contributed by atoms with Gasteiger partial charge in [-0.05, 0) is 36.8 Å². The van der Waals surface area contributed by atoms with Crippen molar-refractivity contribution in [3.63, 3.8) is 0 Å². The molecule has 2 aromatic carbocycles. The molecule has 4 atom stereocenters. The lowest BCUT2D eigenvalue weighted by atomic mass is 10.0. The van der Waals surface area contributed by atoms with Gasteiger partial charge in [-0.1, -0.05) is 60.7 Å². The summed E-state index contributed by atoms with van der Waals surface area (Å²) >= 11 is 0. The van der Waals surface area contributed by atoms with Crippen molar-refractivity contribution in [1.29, 1.82) is 0 Å². The van der Waals surface area contributed by atoms with E-state index in [-0.39, 0.29) is 19.3 Å². The molecule has 3 aliphatic heterocycles. The Balaban J connectivity index is 0.000000201.